The first-order chi connectivity index (χ1) is 10.1. The van der Waals surface area contributed by atoms with E-state index in [1.54, 1.807) is 0 Å². The molecule has 0 amide bonds. The first-order valence-electron chi connectivity index (χ1n) is 7.87. The molecule has 0 aromatic carbocycles. The number of hydrogen-bond acceptors (Lipinski definition) is 2. The fourth-order valence-corrected chi connectivity index (χ4v) is 4.34. The number of hydrogen-bond donors (Lipinski definition) is 0. The molecule has 2 aliphatic carbocycles. The van der Waals surface area contributed by atoms with Gasteiger partial charge in [0.1, 0.15) is 0 Å². The van der Waals surface area contributed by atoms with Crippen LogP contribution in [0.15, 0.2) is 34.3 Å². The summed E-state index contributed by atoms with van der Waals surface area (Å²) >= 11 is 1.81. The van der Waals surface area contributed by atoms with E-state index >= 15 is 0 Å². The van der Waals surface area contributed by atoms with Crippen LogP contribution in [0.1, 0.15) is 50.6 Å². The van der Waals surface area contributed by atoms with Crippen LogP contribution >= 0.6 is 11.3 Å². The van der Waals surface area contributed by atoms with Crippen LogP contribution in [0.2, 0.25) is 0 Å². The van der Waals surface area contributed by atoms with E-state index in [2.05, 4.69) is 65.2 Å². The molecule has 116 valence electrons. The Morgan fingerprint density at radius 1 is 1.14 bits per heavy atom. The predicted octanol–water partition coefficient (Wildman–Crippen LogP) is 5.50. The van der Waals surface area contributed by atoms with Crippen molar-refractivity contribution in [3.05, 3.63) is 50.3 Å². The number of thiophene rings is 1. The molecule has 1 aromatic heterocycles. The summed E-state index contributed by atoms with van der Waals surface area (Å²) in [6.07, 6.45) is 7.37. The molecule has 0 N–H and O–H groups in total. The van der Waals surface area contributed by atoms with Gasteiger partial charge >= 0.3 is 0 Å². The first kappa shape index (κ1) is 15.5. The normalized spacial score (nSPS) is 22.8. The second-order valence-electron chi connectivity index (χ2n) is 8.16. The van der Waals surface area contributed by atoms with Gasteiger partial charge in [-0.25, -0.2) is 0 Å². The standard InChI is InChI=1S/C20H24OS/c1-12-11-22-17-9-13-7-15(19(2,3)4)18(21)16(8-13)20(5,6)10-14(12)17/h7-9,11H,10H2,1-6H3/b13-9-. The number of carbonyl (C=O) groups excluding carboxylic acids is 1. The smallest absolute Gasteiger partial charge is 0.186 e. The van der Waals surface area contributed by atoms with Crippen molar-refractivity contribution in [2.75, 3.05) is 0 Å². The summed E-state index contributed by atoms with van der Waals surface area (Å²) < 4.78 is 0. The van der Waals surface area contributed by atoms with Gasteiger partial charge in [-0.1, -0.05) is 34.6 Å². The molecule has 2 aliphatic rings. The van der Waals surface area contributed by atoms with E-state index in [0.717, 1.165) is 23.1 Å². The molecule has 0 aliphatic heterocycles. The van der Waals surface area contributed by atoms with Crippen molar-refractivity contribution in [2.24, 2.45) is 10.8 Å². The highest BCUT2D eigenvalue weighted by molar-refractivity contribution is 7.11. The van der Waals surface area contributed by atoms with Crippen LogP contribution in [-0.4, -0.2) is 5.78 Å². The summed E-state index contributed by atoms with van der Waals surface area (Å²) in [6, 6.07) is 0. The van der Waals surface area contributed by atoms with Crippen LogP contribution in [0.25, 0.3) is 6.08 Å². The number of aryl methyl sites for hydroxylation is 1. The summed E-state index contributed by atoms with van der Waals surface area (Å²) in [5, 5.41) is 2.23. The van der Waals surface area contributed by atoms with Gasteiger partial charge in [0.05, 0.1) is 0 Å². The molecule has 0 radical (unpaired) electrons. The Labute approximate surface area is 137 Å². The molecular formula is C20H24OS. The highest BCUT2D eigenvalue weighted by Crippen LogP contribution is 2.44. The molecular weight excluding hydrogens is 288 g/mol. The summed E-state index contributed by atoms with van der Waals surface area (Å²) in [4.78, 5) is 14.4. The Bertz CT molecular complexity index is 745. The Morgan fingerprint density at radius 3 is 2.45 bits per heavy atom. The van der Waals surface area contributed by atoms with E-state index in [1.165, 1.54) is 16.0 Å². The van der Waals surface area contributed by atoms with E-state index < -0.39 is 0 Å². The minimum atomic E-state index is -0.137. The Kier molecular flexibility index (Phi) is 3.37. The number of rotatable bonds is 0. The quantitative estimate of drug-likeness (QED) is 0.618. The van der Waals surface area contributed by atoms with E-state index in [-0.39, 0.29) is 16.6 Å². The number of carbonyl (C=O) groups is 1. The lowest BCUT2D eigenvalue weighted by Gasteiger charge is -2.35. The maximum absolute atomic E-state index is 13.0. The maximum atomic E-state index is 13.0. The third-order valence-electron chi connectivity index (χ3n) is 4.70. The number of fused-ring (bicyclic) bond motifs is 2. The Hall–Kier alpha value is -1.41. The van der Waals surface area contributed by atoms with Gasteiger partial charge in [0.15, 0.2) is 5.78 Å². The zero-order valence-electron chi connectivity index (χ0n) is 14.3. The number of Topliss-reactive ketones (excluding diaryl/α,β-unsaturated/α-hetero) is 1. The zero-order chi connectivity index (χ0) is 16.3. The Balaban J connectivity index is 2.25. The van der Waals surface area contributed by atoms with Crippen LogP contribution in [0, 0.1) is 17.8 Å². The third kappa shape index (κ3) is 2.44. The fraction of sp³-hybridized carbons (Fsp3) is 0.450. The van der Waals surface area contributed by atoms with Crippen molar-refractivity contribution in [3.8, 4) is 0 Å². The molecule has 0 spiro atoms. The molecule has 1 nitrogen and oxygen atoms in total. The van der Waals surface area contributed by atoms with Gasteiger partial charge in [0.2, 0.25) is 0 Å². The van der Waals surface area contributed by atoms with Gasteiger partial charge < -0.3 is 0 Å². The summed E-state index contributed by atoms with van der Waals surface area (Å²) in [5.74, 6) is 0.228. The van der Waals surface area contributed by atoms with Gasteiger partial charge in [-0.2, -0.15) is 0 Å². The van der Waals surface area contributed by atoms with Crippen LogP contribution in [0.5, 0.6) is 0 Å². The molecule has 0 fully saturated rings. The Morgan fingerprint density at radius 2 is 1.82 bits per heavy atom. The molecule has 0 saturated carbocycles. The van der Waals surface area contributed by atoms with Crippen molar-refractivity contribution < 1.29 is 4.79 Å². The molecule has 0 unspecified atom stereocenters. The number of allylic oxidation sites excluding steroid dienone is 5. The summed E-state index contributed by atoms with van der Waals surface area (Å²) in [7, 11) is 0. The largest absolute Gasteiger partial charge is 0.289 e. The van der Waals surface area contributed by atoms with Crippen molar-refractivity contribution in [1.29, 1.82) is 0 Å². The van der Waals surface area contributed by atoms with Crippen LogP contribution in [-0.2, 0) is 11.2 Å². The highest BCUT2D eigenvalue weighted by atomic mass is 32.1. The molecule has 2 heteroatoms. The molecule has 22 heavy (non-hydrogen) atoms. The molecule has 3 rings (SSSR count). The second kappa shape index (κ2) is 4.79. The lowest BCUT2D eigenvalue weighted by molar-refractivity contribution is -0.114. The van der Waals surface area contributed by atoms with Crippen LogP contribution < -0.4 is 0 Å². The van der Waals surface area contributed by atoms with Crippen LogP contribution in [0.4, 0.5) is 0 Å². The monoisotopic (exact) mass is 312 g/mol. The topological polar surface area (TPSA) is 17.1 Å². The average Bonchev–Trinajstić information content (AvgIpc) is 2.69. The van der Waals surface area contributed by atoms with E-state index in [9.17, 15) is 4.79 Å². The first-order valence-corrected chi connectivity index (χ1v) is 8.75. The highest BCUT2D eigenvalue weighted by Gasteiger charge is 2.37. The van der Waals surface area contributed by atoms with Gasteiger partial charge in [-0.15, -0.1) is 11.3 Å². The SMILES string of the molecule is Cc1csc2c1CC(C)(C)C1=C/C(=C\2)C=C(C(C)(C)C)C1=O. The average molecular weight is 312 g/mol. The summed E-state index contributed by atoms with van der Waals surface area (Å²) in [6.45, 7) is 12.9. The molecule has 0 saturated heterocycles. The van der Waals surface area contributed by atoms with Gasteiger partial charge in [-0.05, 0) is 64.5 Å². The van der Waals surface area contributed by atoms with E-state index in [4.69, 9.17) is 0 Å². The van der Waals surface area contributed by atoms with Gasteiger partial charge in [0, 0.05) is 16.0 Å². The lowest BCUT2D eigenvalue weighted by atomic mass is 9.68. The van der Waals surface area contributed by atoms with E-state index in [1.807, 2.05) is 11.3 Å². The minimum Gasteiger partial charge on any atom is -0.289 e. The molecule has 2 bridgehead atoms. The fourth-order valence-electron chi connectivity index (χ4n) is 3.32. The summed E-state index contributed by atoms with van der Waals surface area (Å²) in [5.41, 5.74) is 5.54. The molecule has 1 heterocycles. The van der Waals surface area contributed by atoms with Crippen molar-refractivity contribution in [2.45, 2.75) is 48.0 Å². The van der Waals surface area contributed by atoms with Crippen LogP contribution in [0.3, 0.4) is 0 Å². The predicted molar refractivity (Wildman–Crippen MR) is 95.1 cm³/mol. The third-order valence-corrected chi connectivity index (χ3v) is 5.79. The second-order valence-corrected chi connectivity index (χ2v) is 9.07. The van der Waals surface area contributed by atoms with Crippen molar-refractivity contribution in [1.82, 2.24) is 0 Å². The van der Waals surface area contributed by atoms with Gasteiger partial charge in [-0.3, -0.25) is 4.79 Å². The lowest BCUT2D eigenvalue weighted by Crippen LogP contribution is -2.31. The maximum Gasteiger partial charge on any atom is 0.186 e. The zero-order valence-corrected chi connectivity index (χ0v) is 15.1. The minimum absolute atomic E-state index is 0.126. The number of ketones is 1. The van der Waals surface area contributed by atoms with Gasteiger partial charge in [0.25, 0.3) is 0 Å². The van der Waals surface area contributed by atoms with E-state index in [0.29, 0.717) is 0 Å². The molecule has 0 atom stereocenters. The van der Waals surface area contributed by atoms with Crippen molar-refractivity contribution >= 4 is 23.2 Å². The van der Waals surface area contributed by atoms with Crippen molar-refractivity contribution in [3.63, 3.8) is 0 Å². The molecule has 1 aromatic rings.